The van der Waals surface area contributed by atoms with Crippen LogP contribution in [0.1, 0.15) is 47.8 Å². The highest BCUT2D eigenvalue weighted by molar-refractivity contribution is 6.02. The van der Waals surface area contributed by atoms with Gasteiger partial charge in [-0.1, -0.05) is 11.2 Å². The molecule has 0 atom stereocenters. The number of nitroso groups, excluding NO2 is 1. The van der Waals surface area contributed by atoms with Gasteiger partial charge in [0.25, 0.3) is 0 Å². The van der Waals surface area contributed by atoms with Crippen LogP contribution in [0.2, 0.25) is 0 Å². The third kappa shape index (κ3) is 6.27. The Balaban J connectivity index is 1.35. The molecular weight excluding hydrogens is 473 g/mol. The van der Waals surface area contributed by atoms with Crippen molar-refractivity contribution in [2.45, 2.75) is 37.7 Å². The zero-order valence-corrected chi connectivity index (χ0v) is 19.4. The van der Waals surface area contributed by atoms with Crippen molar-refractivity contribution < 1.29 is 27.9 Å². The van der Waals surface area contributed by atoms with Crippen LogP contribution in [-0.4, -0.2) is 41.9 Å². The number of carbonyl (C=O) groups is 2. The Morgan fingerprint density at radius 2 is 1.86 bits per heavy atom. The largest absolute Gasteiger partial charge is 0.467 e. The lowest BCUT2D eigenvalue weighted by atomic mass is 9.82. The van der Waals surface area contributed by atoms with Crippen molar-refractivity contribution in [3.63, 3.8) is 0 Å². The van der Waals surface area contributed by atoms with Gasteiger partial charge in [0.2, 0.25) is 0 Å². The van der Waals surface area contributed by atoms with Crippen molar-refractivity contribution in [1.82, 2.24) is 10.2 Å². The number of hydrogen-bond donors (Lipinski definition) is 2. The fraction of sp³-hybridized carbons (Fsp3) is 0.333. The van der Waals surface area contributed by atoms with E-state index in [9.17, 15) is 18.9 Å². The van der Waals surface area contributed by atoms with E-state index < -0.39 is 17.7 Å². The van der Waals surface area contributed by atoms with E-state index in [0.29, 0.717) is 5.69 Å². The molecule has 36 heavy (non-hydrogen) atoms. The minimum Gasteiger partial charge on any atom is -0.467 e. The fourth-order valence-corrected chi connectivity index (χ4v) is 3.99. The van der Waals surface area contributed by atoms with Gasteiger partial charge in [0.15, 0.2) is 0 Å². The lowest BCUT2D eigenvalue weighted by molar-refractivity contribution is -0.148. The normalized spacial score (nSPS) is 17.3. The summed E-state index contributed by atoms with van der Waals surface area (Å²) < 4.78 is 28.5. The molecule has 4 rings (SSSR count). The number of esters is 1. The number of nitrogens with one attached hydrogen (secondary N) is 2. The van der Waals surface area contributed by atoms with Gasteiger partial charge in [-0.05, 0) is 78.7 Å². The molecule has 0 aliphatic heterocycles. The number of rotatable bonds is 9. The summed E-state index contributed by atoms with van der Waals surface area (Å²) in [4.78, 5) is 35.3. The lowest BCUT2D eigenvalue weighted by Crippen LogP contribution is -2.24. The molecule has 11 nitrogen and oxygen atoms in total. The number of benzene rings is 2. The Morgan fingerprint density at radius 3 is 2.56 bits per heavy atom. The first-order chi connectivity index (χ1) is 17.4. The molecular formula is C24H24FN5O6. The molecule has 2 N–H and O–H groups in total. The lowest BCUT2D eigenvalue weighted by Gasteiger charge is -2.28. The first-order valence-corrected chi connectivity index (χ1v) is 11.3. The van der Waals surface area contributed by atoms with E-state index in [1.54, 1.807) is 12.1 Å². The molecule has 188 valence electrons. The molecule has 1 aliphatic carbocycles. The van der Waals surface area contributed by atoms with Gasteiger partial charge >= 0.3 is 23.8 Å². The first kappa shape index (κ1) is 24.9. The quantitative estimate of drug-likeness (QED) is 0.314. The van der Waals surface area contributed by atoms with Gasteiger partial charge < -0.3 is 24.5 Å². The highest BCUT2D eigenvalue weighted by Crippen LogP contribution is 2.37. The first-order valence-electron chi connectivity index (χ1n) is 11.3. The maximum Gasteiger partial charge on any atom is 0.331 e. The topological polar surface area (TPSA) is 145 Å². The summed E-state index contributed by atoms with van der Waals surface area (Å²) in [6, 6.07) is 10.5. The van der Waals surface area contributed by atoms with Crippen LogP contribution < -0.4 is 10.6 Å². The molecule has 1 amide bonds. The molecule has 1 aliphatic rings. The number of methoxy groups -OCH3 is 1. The number of anilines is 3. The second kappa shape index (κ2) is 11.5. The SMILES string of the molecule is COC(=O)COC1CCC(c2ccc(NC(=O)c3nnc(Nc4ccc(F)cc4)o3)c(N=O)c2)CC1. The molecule has 3 aromatic rings. The number of hydrogen-bond acceptors (Lipinski definition) is 10. The summed E-state index contributed by atoms with van der Waals surface area (Å²) in [6.07, 6.45) is 3.17. The van der Waals surface area contributed by atoms with E-state index in [1.807, 2.05) is 6.07 Å². The van der Waals surface area contributed by atoms with Gasteiger partial charge in [0.1, 0.15) is 18.1 Å². The van der Waals surface area contributed by atoms with Crippen LogP contribution in [0.5, 0.6) is 0 Å². The Morgan fingerprint density at radius 1 is 1.11 bits per heavy atom. The van der Waals surface area contributed by atoms with Crippen LogP contribution in [0.4, 0.5) is 27.5 Å². The molecule has 0 radical (unpaired) electrons. The van der Waals surface area contributed by atoms with Crippen molar-refractivity contribution in [2.24, 2.45) is 5.18 Å². The van der Waals surface area contributed by atoms with Gasteiger partial charge in [-0.3, -0.25) is 4.79 Å². The van der Waals surface area contributed by atoms with Crippen LogP contribution in [0.25, 0.3) is 0 Å². The van der Waals surface area contributed by atoms with E-state index in [4.69, 9.17) is 9.15 Å². The van der Waals surface area contributed by atoms with Gasteiger partial charge in [0, 0.05) is 5.69 Å². The maximum atomic E-state index is 13.0. The van der Waals surface area contributed by atoms with Gasteiger partial charge in [0.05, 0.1) is 18.9 Å². The van der Waals surface area contributed by atoms with Crippen molar-refractivity contribution in [1.29, 1.82) is 0 Å². The van der Waals surface area contributed by atoms with Crippen LogP contribution in [0.15, 0.2) is 52.1 Å². The maximum absolute atomic E-state index is 13.0. The number of carbonyl (C=O) groups excluding carboxylic acids is 2. The van der Waals surface area contributed by atoms with E-state index in [-0.39, 0.29) is 41.9 Å². The molecule has 1 fully saturated rings. The Kier molecular flexibility index (Phi) is 7.95. The van der Waals surface area contributed by atoms with E-state index in [1.165, 1.54) is 31.4 Å². The molecule has 0 bridgehead atoms. The Labute approximate surface area is 205 Å². The number of aromatic nitrogens is 2. The zero-order chi connectivity index (χ0) is 25.5. The van der Waals surface area contributed by atoms with Crippen LogP contribution >= 0.6 is 0 Å². The van der Waals surface area contributed by atoms with Crippen molar-refractivity contribution in [2.75, 3.05) is 24.4 Å². The minimum atomic E-state index is -0.712. The highest BCUT2D eigenvalue weighted by Gasteiger charge is 2.25. The third-order valence-corrected chi connectivity index (χ3v) is 5.89. The van der Waals surface area contributed by atoms with Crippen LogP contribution in [-0.2, 0) is 14.3 Å². The average Bonchev–Trinajstić information content (AvgIpc) is 3.38. The van der Waals surface area contributed by atoms with Crippen molar-refractivity contribution in [3.8, 4) is 0 Å². The van der Waals surface area contributed by atoms with Crippen molar-refractivity contribution >= 4 is 35.0 Å². The fourth-order valence-electron chi connectivity index (χ4n) is 3.99. The highest BCUT2D eigenvalue weighted by atomic mass is 19.1. The summed E-state index contributed by atoms with van der Waals surface area (Å²) in [5.41, 5.74) is 1.71. The second-order valence-corrected chi connectivity index (χ2v) is 8.23. The molecule has 0 spiro atoms. The number of nitrogens with zero attached hydrogens (tertiary/aromatic N) is 3. The number of amides is 1. The molecule has 0 saturated heterocycles. The van der Waals surface area contributed by atoms with Gasteiger partial charge in [-0.2, -0.15) is 0 Å². The summed E-state index contributed by atoms with van der Waals surface area (Å²) >= 11 is 0. The second-order valence-electron chi connectivity index (χ2n) is 8.23. The molecule has 0 unspecified atom stereocenters. The van der Waals surface area contributed by atoms with Gasteiger partial charge in [-0.25, -0.2) is 9.18 Å². The summed E-state index contributed by atoms with van der Waals surface area (Å²) in [5.74, 6) is -1.64. The Hall–Kier alpha value is -4.19. The molecule has 12 heteroatoms. The zero-order valence-electron chi connectivity index (χ0n) is 19.4. The minimum absolute atomic E-state index is 0.0144. The summed E-state index contributed by atoms with van der Waals surface area (Å²) in [5, 5.41) is 15.8. The van der Waals surface area contributed by atoms with Crippen LogP contribution in [0, 0.1) is 10.7 Å². The molecule has 1 saturated carbocycles. The predicted octanol–water partition coefficient (Wildman–Crippen LogP) is 4.82. The standard InChI is InChI=1S/C24H24FN5O6/c1-34-21(31)13-35-18-9-2-14(3-10-18)15-4-11-19(20(12-15)30-33)27-22(32)23-28-29-24(36-23)26-17-7-5-16(25)6-8-17/h4-8,11-12,14,18H,2-3,9-10,13H2,1H3,(H,26,29)(H,27,32). The summed E-state index contributed by atoms with van der Waals surface area (Å²) in [6.45, 7) is -0.0662. The molecule has 2 aromatic carbocycles. The smallest absolute Gasteiger partial charge is 0.331 e. The van der Waals surface area contributed by atoms with Gasteiger partial charge in [-0.15, -0.1) is 10.0 Å². The van der Waals surface area contributed by atoms with Crippen molar-refractivity contribution in [3.05, 3.63) is 64.6 Å². The Bertz CT molecular complexity index is 1220. The van der Waals surface area contributed by atoms with Crippen LogP contribution in [0.3, 0.4) is 0 Å². The van der Waals surface area contributed by atoms with E-state index in [2.05, 4.69) is 30.7 Å². The molecule has 1 heterocycles. The predicted molar refractivity (Wildman–Crippen MR) is 127 cm³/mol. The summed E-state index contributed by atoms with van der Waals surface area (Å²) in [7, 11) is 1.32. The number of halogens is 1. The molecule has 1 aromatic heterocycles. The van der Waals surface area contributed by atoms with E-state index in [0.717, 1.165) is 31.2 Å². The average molecular weight is 497 g/mol. The van der Waals surface area contributed by atoms with E-state index >= 15 is 0 Å². The number of ether oxygens (including phenoxy) is 2. The monoisotopic (exact) mass is 497 g/mol. The third-order valence-electron chi connectivity index (χ3n) is 5.89.